The van der Waals surface area contributed by atoms with E-state index in [2.05, 4.69) is 26.8 Å². The second kappa shape index (κ2) is 13.2. The molecule has 0 aliphatic heterocycles. The molecule has 22 heavy (non-hydrogen) atoms. The van der Waals surface area contributed by atoms with Gasteiger partial charge in [-0.15, -0.1) is 0 Å². The Morgan fingerprint density at radius 1 is 0.955 bits per heavy atom. The Morgan fingerprint density at radius 3 is 1.73 bits per heavy atom. The maximum atomic E-state index is 12.5. The summed E-state index contributed by atoms with van der Waals surface area (Å²) in [7, 11) is 1.53. The summed E-state index contributed by atoms with van der Waals surface area (Å²) in [5.74, 6) is -0.0581. The van der Waals surface area contributed by atoms with E-state index < -0.39 is 18.4 Å². The number of hydrogen-bond donors (Lipinski definition) is 0. The fourth-order valence-corrected chi connectivity index (χ4v) is 19.2. The van der Waals surface area contributed by atoms with Crippen LogP contribution in [-0.4, -0.2) is 31.5 Å². The zero-order valence-electron chi connectivity index (χ0n) is 15.4. The molecule has 0 aromatic heterocycles. The molecule has 0 saturated carbocycles. The zero-order valence-corrected chi connectivity index (χ0v) is 18.3. The number of rotatable bonds is 12. The summed E-state index contributed by atoms with van der Waals surface area (Å²) in [5.41, 5.74) is 0. The van der Waals surface area contributed by atoms with Crippen LogP contribution in [0.4, 0.5) is 0 Å². The molecule has 0 aromatic rings. The van der Waals surface area contributed by atoms with Crippen LogP contribution in [0.2, 0.25) is 13.3 Å². The molecular formula is C19H36O2Sn. The predicted molar refractivity (Wildman–Crippen MR) is 99.8 cm³/mol. The molecule has 0 aliphatic carbocycles. The number of ether oxygens (including phenoxy) is 1. The second-order valence-corrected chi connectivity index (χ2v) is 19.3. The quantitative estimate of drug-likeness (QED) is 0.168. The van der Waals surface area contributed by atoms with E-state index in [0.29, 0.717) is 0 Å². The van der Waals surface area contributed by atoms with Gasteiger partial charge in [-0.2, -0.15) is 0 Å². The van der Waals surface area contributed by atoms with Gasteiger partial charge in [-0.05, 0) is 0 Å². The van der Waals surface area contributed by atoms with Crippen molar-refractivity contribution in [2.24, 2.45) is 0 Å². The molecule has 0 rings (SSSR count). The van der Waals surface area contributed by atoms with Crippen molar-refractivity contribution >= 4 is 24.3 Å². The Kier molecular flexibility index (Phi) is 13.1. The van der Waals surface area contributed by atoms with E-state index in [4.69, 9.17) is 4.74 Å². The Labute approximate surface area is 142 Å². The van der Waals surface area contributed by atoms with Gasteiger partial charge in [0.25, 0.3) is 0 Å². The number of hydrogen-bond acceptors (Lipinski definition) is 2. The molecule has 0 aliphatic rings. The van der Waals surface area contributed by atoms with E-state index in [9.17, 15) is 4.79 Å². The fourth-order valence-electron chi connectivity index (χ4n) is 3.09. The SMILES string of the molecule is C/C=C\C=[C](\C(=O)OC)[Sn]([CH2]CCC)([CH2]CCC)[CH2]CCC. The maximum absolute atomic E-state index is 12.5. The number of esters is 1. The summed E-state index contributed by atoms with van der Waals surface area (Å²) in [4.78, 5) is 12.5. The van der Waals surface area contributed by atoms with Crippen LogP contribution >= 0.6 is 0 Å². The van der Waals surface area contributed by atoms with Gasteiger partial charge in [-0.1, -0.05) is 0 Å². The van der Waals surface area contributed by atoms with Crippen LogP contribution in [0.25, 0.3) is 0 Å². The number of allylic oxidation sites excluding steroid dienone is 3. The average molecular weight is 415 g/mol. The van der Waals surface area contributed by atoms with Crippen LogP contribution in [0.5, 0.6) is 0 Å². The van der Waals surface area contributed by atoms with Gasteiger partial charge >= 0.3 is 142 Å². The normalized spacial score (nSPS) is 12.9. The molecule has 3 heteroatoms. The molecule has 0 amide bonds. The van der Waals surface area contributed by atoms with Gasteiger partial charge in [0.05, 0.1) is 0 Å². The van der Waals surface area contributed by atoms with E-state index >= 15 is 0 Å². The fraction of sp³-hybridized carbons (Fsp3) is 0.737. The van der Waals surface area contributed by atoms with Crippen LogP contribution in [0.1, 0.15) is 66.2 Å². The number of carbonyl (C=O) groups is 1. The molecule has 0 N–H and O–H groups in total. The molecule has 0 unspecified atom stereocenters. The van der Waals surface area contributed by atoms with Gasteiger partial charge in [-0.3, -0.25) is 0 Å². The summed E-state index contributed by atoms with van der Waals surface area (Å²) in [5, 5.41) is 0. The van der Waals surface area contributed by atoms with Gasteiger partial charge in [0.1, 0.15) is 0 Å². The van der Waals surface area contributed by atoms with E-state index in [1.807, 2.05) is 19.1 Å². The molecule has 0 bridgehead atoms. The molecule has 128 valence electrons. The van der Waals surface area contributed by atoms with Crippen molar-refractivity contribution in [1.29, 1.82) is 0 Å². The Balaban J connectivity index is 5.69. The van der Waals surface area contributed by atoms with Crippen molar-refractivity contribution in [3.05, 3.63) is 21.8 Å². The molecule has 0 atom stereocenters. The van der Waals surface area contributed by atoms with Crippen LogP contribution in [0, 0.1) is 0 Å². The molecule has 0 radical (unpaired) electrons. The third-order valence-electron chi connectivity index (χ3n) is 4.46. The summed E-state index contributed by atoms with van der Waals surface area (Å²) >= 11 is -2.67. The number of unbranched alkanes of at least 4 members (excludes halogenated alkanes) is 3. The van der Waals surface area contributed by atoms with Crippen molar-refractivity contribution in [1.82, 2.24) is 0 Å². The third-order valence-corrected chi connectivity index (χ3v) is 20.0. The number of methoxy groups -OCH3 is 1. The van der Waals surface area contributed by atoms with Gasteiger partial charge in [0.2, 0.25) is 0 Å². The van der Waals surface area contributed by atoms with Crippen molar-refractivity contribution < 1.29 is 9.53 Å². The third kappa shape index (κ3) is 7.34. The Morgan fingerprint density at radius 2 is 1.41 bits per heavy atom. The summed E-state index contributed by atoms with van der Waals surface area (Å²) in [6.07, 6.45) is 13.6. The van der Waals surface area contributed by atoms with Crippen molar-refractivity contribution in [2.75, 3.05) is 7.11 Å². The first-order valence-corrected chi connectivity index (χ1v) is 16.5. The standard InChI is InChI=1S/C7H9O2.3C4H9.Sn/c1-3-4-5-6-7(8)9-2;3*1-3-4-2;/h3-5H,1-2H3;3*1,3-4H2,2H3;/b4-3-,6-5?;;;;. The summed E-state index contributed by atoms with van der Waals surface area (Å²) < 4.78 is 10.1. The second-order valence-electron chi connectivity index (χ2n) is 6.19. The molecule has 0 saturated heterocycles. The predicted octanol–water partition coefficient (Wildman–Crippen LogP) is 6.05. The monoisotopic (exact) mass is 416 g/mol. The first-order valence-electron chi connectivity index (χ1n) is 9.03. The zero-order chi connectivity index (χ0) is 16.8. The Hall–Kier alpha value is -0.251. The van der Waals surface area contributed by atoms with Crippen LogP contribution < -0.4 is 0 Å². The van der Waals surface area contributed by atoms with Gasteiger partial charge in [0.15, 0.2) is 0 Å². The Bertz CT molecular complexity index is 337. The van der Waals surface area contributed by atoms with E-state index in [0.717, 1.165) is 3.59 Å². The molecule has 0 spiro atoms. The number of carbonyl (C=O) groups excluding carboxylic acids is 1. The van der Waals surface area contributed by atoms with Crippen molar-refractivity contribution in [2.45, 2.75) is 79.5 Å². The molecular weight excluding hydrogens is 379 g/mol. The average Bonchev–Trinajstić information content (AvgIpc) is 2.55. The van der Waals surface area contributed by atoms with Crippen molar-refractivity contribution in [3.63, 3.8) is 0 Å². The topological polar surface area (TPSA) is 26.3 Å². The molecule has 2 nitrogen and oxygen atoms in total. The van der Waals surface area contributed by atoms with Crippen LogP contribution in [0.15, 0.2) is 21.8 Å². The van der Waals surface area contributed by atoms with Crippen LogP contribution in [-0.2, 0) is 9.53 Å². The first-order chi connectivity index (χ1) is 10.6. The van der Waals surface area contributed by atoms with E-state index in [-0.39, 0.29) is 5.97 Å². The molecule has 0 heterocycles. The molecule has 0 aromatic carbocycles. The van der Waals surface area contributed by atoms with Gasteiger partial charge in [0, 0.05) is 0 Å². The van der Waals surface area contributed by atoms with Gasteiger partial charge < -0.3 is 0 Å². The summed E-state index contributed by atoms with van der Waals surface area (Å²) in [6.45, 7) is 8.77. The molecule has 0 fully saturated rings. The van der Waals surface area contributed by atoms with E-state index in [1.54, 1.807) is 0 Å². The van der Waals surface area contributed by atoms with Crippen LogP contribution in [0.3, 0.4) is 0 Å². The summed E-state index contributed by atoms with van der Waals surface area (Å²) in [6, 6.07) is 0. The first kappa shape index (κ1) is 21.7. The minimum absolute atomic E-state index is 0.0581. The minimum atomic E-state index is -2.67. The van der Waals surface area contributed by atoms with Crippen molar-refractivity contribution in [3.8, 4) is 0 Å². The van der Waals surface area contributed by atoms with E-state index in [1.165, 1.54) is 58.9 Å². The van der Waals surface area contributed by atoms with Gasteiger partial charge in [-0.25, -0.2) is 0 Å².